The van der Waals surface area contributed by atoms with Crippen LogP contribution < -0.4 is 4.90 Å². The molecule has 2 heterocycles. The second-order valence-corrected chi connectivity index (χ2v) is 7.56. The topological polar surface area (TPSA) is 62.7 Å². The van der Waals surface area contributed by atoms with Crippen LogP contribution in [0.4, 0.5) is 10.6 Å². The zero-order chi connectivity index (χ0) is 18.6. The van der Waals surface area contributed by atoms with Crippen molar-refractivity contribution in [3.63, 3.8) is 0 Å². The molecule has 6 heteroatoms. The van der Waals surface area contributed by atoms with Crippen LogP contribution in [0.3, 0.4) is 0 Å². The van der Waals surface area contributed by atoms with E-state index in [9.17, 15) is 9.59 Å². The second kappa shape index (κ2) is 7.85. The maximum Gasteiger partial charge on any atom is 0.416 e. The number of ether oxygens (including phenoxy) is 1. The van der Waals surface area contributed by atoms with Gasteiger partial charge in [-0.3, -0.25) is 9.69 Å². The number of likely N-dealkylation sites (tertiary alicyclic amines) is 1. The lowest BCUT2D eigenvalue weighted by Gasteiger charge is -2.30. The summed E-state index contributed by atoms with van der Waals surface area (Å²) in [5.41, 5.74) is 0.443. The minimum atomic E-state index is -0.558. The summed E-state index contributed by atoms with van der Waals surface area (Å²) in [6.07, 6.45) is 5.02. The summed E-state index contributed by atoms with van der Waals surface area (Å²) in [7, 11) is 0. The van der Waals surface area contributed by atoms with Crippen LogP contribution in [-0.4, -0.2) is 40.6 Å². The first-order chi connectivity index (χ1) is 11.8. The molecule has 0 aliphatic carbocycles. The van der Waals surface area contributed by atoms with Crippen LogP contribution in [-0.2, 0) is 9.53 Å². The van der Waals surface area contributed by atoms with Gasteiger partial charge in [0, 0.05) is 18.8 Å². The quantitative estimate of drug-likeness (QED) is 0.758. The Kier molecular flexibility index (Phi) is 6.03. The Hall–Kier alpha value is -2.11. The molecule has 6 nitrogen and oxygen atoms in total. The number of hydrogen-bond donors (Lipinski definition) is 0. The number of nitrogens with zero attached hydrogens (tertiary/aromatic N) is 3. The molecular weight excluding hydrogens is 318 g/mol. The molecule has 0 spiro atoms. The lowest BCUT2D eigenvalue weighted by molar-refractivity contribution is -0.118. The number of hydrogen-bond acceptors (Lipinski definition) is 4. The van der Waals surface area contributed by atoms with Gasteiger partial charge in [-0.05, 0) is 58.6 Å². The summed E-state index contributed by atoms with van der Waals surface area (Å²) in [6, 6.07) is 3.85. The van der Waals surface area contributed by atoms with Crippen molar-refractivity contribution in [3.05, 3.63) is 23.9 Å². The van der Waals surface area contributed by atoms with E-state index in [1.54, 1.807) is 16.0 Å². The molecule has 0 radical (unpaired) electrons. The standard InChI is InChI=1S/C19H29N3O3/c1-6-14(2)22(18(24)25-19(3,4)5)17-10-9-15(12-20-17)16-8-7-11-21(16)13-23/h9-10,12-14,16H,6-8,11H2,1-5H3/t14-,16+/m0/s1. The molecule has 0 bridgehead atoms. The van der Waals surface area contributed by atoms with Crippen molar-refractivity contribution >= 4 is 18.3 Å². The Morgan fingerprint density at radius 3 is 2.72 bits per heavy atom. The average molecular weight is 347 g/mol. The maximum absolute atomic E-state index is 12.6. The predicted octanol–water partition coefficient (Wildman–Crippen LogP) is 3.91. The smallest absolute Gasteiger partial charge is 0.416 e. The summed E-state index contributed by atoms with van der Waals surface area (Å²) in [5, 5.41) is 0. The number of anilines is 1. The van der Waals surface area contributed by atoms with E-state index in [4.69, 9.17) is 4.74 Å². The molecule has 0 N–H and O–H groups in total. The van der Waals surface area contributed by atoms with E-state index < -0.39 is 11.7 Å². The van der Waals surface area contributed by atoms with Crippen LogP contribution in [0, 0.1) is 0 Å². The van der Waals surface area contributed by atoms with E-state index in [1.807, 2.05) is 46.8 Å². The van der Waals surface area contributed by atoms with Crippen LogP contribution in [0.1, 0.15) is 65.5 Å². The first-order valence-corrected chi connectivity index (χ1v) is 8.96. The monoisotopic (exact) mass is 347 g/mol. The van der Waals surface area contributed by atoms with Crippen LogP contribution in [0.25, 0.3) is 0 Å². The van der Waals surface area contributed by atoms with E-state index in [0.29, 0.717) is 5.82 Å². The van der Waals surface area contributed by atoms with Crippen LogP contribution in [0.5, 0.6) is 0 Å². The summed E-state index contributed by atoms with van der Waals surface area (Å²) < 4.78 is 5.53. The normalized spacial score (nSPS) is 18.8. The van der Waals surface area contributed by atoms with E-state index in [1.165, 1.54) is 0 Å². The minimum absolute atomic E-state index is 0.0221. The third kappa shape index (κ3) is 4.71. The van der Waals surface area contributed by atoms with E-state index in [0.717, 1.165) is 37.8 Å². The molecule has 2 rings (SSSR count). The Labute approximate surface area is 150 Å². The Morgan fingerprint density at radius 2 is 2.20 bits per heavy atom. The highest BCUT2D eigenvalue weighted by atomic mass is 16.6. The van der Waals surface area contributed by atoms with Gasteiger partial charge in [0.2, 0.25) is 6.41 Å². The minimum Gasteiger partial charge on any atom is -0.443 e. The summed E-state index contributed by atoms with van der Waals surface area (Å²) in [4.78, 5) is 31.7. The van der Waals surface area contributed by atoms with Gasteiger partial charge in [-0.25, -0.2) is 9.78 Å². The molecule has 1 saturated heterocycles. The highest BCUT2D eigenvalue weighted by Gasteiger charge is 2.29. The molecule has 1 fully saturated rings. The molecule has 138 valence electrons. The van der Waals surface area contributed by atoms with E-state index in [2.05, 4.69) is 4.98 Å². The third-order valence-electron chi connectivity index (χ3n) is 4.45. The fraction of sp³-hybridized carbons (Fsp3) is 0.632. The summed E-state index contributed by atoms with van der Waals surface area (Å²) >= 11 is 0. The van der Waals surface area contributed by atoms with E-state index >= 15 is 0 Å². The van der Waals surface area contributed by atoms with Crippen LogP contribution in [0.2, 0.25) is 0 Å². The van der Waals surface area contributed by atoms with Crippen molar-refractivity contribution in [1.29, 1.82) is 0 Å². The summed E-state index contributed by atoms with van der Waals surface area (Å²) in [6.45, 7) is 10.3. The zero-order valence-corrected chi connectivity index (χ0v) is 15.9. The molecule has 25 heavy (non-hydrogen) atoms. The van der Waals surface area contributed by atoms with Crippen molar-refractivity contribution < 1.29 is 14.3 Å². The fourth-order valence-electron chi connectivity index (χ4n) is 3.00. The van der Waals surface area contributed by atoms with Crippen LogP contribution in [0.15, 0.2) is 18.3 Å². The number of carbonyl (C=O) groups is 2. The van der Waals surface area contributed by atoms with Gasteiger partial charge in [-0.2, -0.15) is 0 Å². The lowest BCUT2D eigenvalue weighted by atomic mass is 10.1. The molecule has 1 aliphatic rings. The largest absolute Gasteiger partial charge is 0.443 e. The van der Waals surface area contributed by atoms with Gasteiger partial charge in [0.1, 0.15) is 11.4 Å². The number of carbonyl (C=O) groups excluding carboxylic acids is 2. The van der Waals surface area contributed by atoms with Gasteiger partial charge in [0.25, 0.3) is 0 Å². The van der Waals surface area contributed by atoms with Gasteiger partial charge in [-0.1, -0.05) is 13.0 Å². The molecule has 0 unspecified atom stereocenters. The van der Waals surface area contributed by atoms with E-state index in [-0.39, 0.29) is 12.1 Å². The molecule has 1 aliphatic heterocycles. The molecule has 1 aromatic heterocycles. The Bertz CT molecular complexity index is 595. The number of amides is 2. The molecular formula is C19H29N3O3. The number of pyridine rings is 1. The predicted molar refractivity (Wildman–Crippen MR) is 97.4 cm³/mol. The summed E-state index contributed by atoms with van der Waals surface area (Å²) in [5.74, 6) is 0.572. The van der Waals surface area contributed by atoms with Gasteiger partial charge in [0.15, 0.2) is 0 Å². The van der Waals surface area contributed by atoms with Crippen molar-refractivity contribution in [3.8, 4) is 0 Å². The Morgan fingerprint density at radius 1 is 1.48 bits per heavy atom. The van der Waals surface area contributed by atoms with Gasteiger partial charge in [-0.15, -0.1) is 0 Å². The zero-order valence-electron chi connectivity index (χ0n) is 15.9. The van der Waals surface area contributed by atoms with Crippen molar-refractivity contribution in [2.45, 2.75) is 71.6 Å². The highest BCUT2D eigenvalue weighted by molar-refractivity contribution is 5.87. The van der Waals surface area contributed by atoms with Crippen LogP contribution >= 0.6 is 0 Å². The second-order valence-electron chi connectivity index (χ2n) is 7.56. The fourth-order valence-corrected chi connectivity index (χ4v) is 3.00. The SMILES string of the molecule is CC[C@H](C)N(C(=O)OC(C)(C)C)c1ccc([C@H]2CCCN2C=O)cn1. The number of aromatic nitrogens is 1. The first kappa shape index (κ1) is 19.2. The maximum atomic E-state index is 12.6. The lowest BCUT2D eigenvalue weighted by Crippen LogP contribution is -2.42. The average Bonchev–Trinajstić information content (AvgIpc) is 3.02. The molecule has 0 saturated carbocycles. The molecule has 1 aromatic rings. The van der Waals surface area contributed by atoms with Gasteiger partial charge >= 0.3 is 6.09 Å². The first-order valence-electron chi connectivity index (χ1n) is 8.96. The van der Waals surface area contributed by atoms with Gasteiger partial charge < -0.3 is 9.64 Å². The Balaban J connectivity index is 2.23. The van der Waals surface area contributed by atoms with Crippen molar-refractivity contribution in [2.24, 2.45) is 0 Å². The third-order valence-corrected chi connectivity index (χ3v) is 4.45. The van der Waals surface area contributed by atoms with Crippen molar-refractivity contribution in [1.82, 2.24) is 9.88 Å². The molecule has 2 amide bonds. The molecule has 0 aromatic carbocycles. The van der Waals surface area contributed by atoms with Gasteiger partial charge in [0.05, 0.1) is 6.04 Å². The molecule has 2 atom stereocenters. The highest BCUT2D eigenvalue weighted by Crippen LogP contribution is 2.31. The van der Waals surface area contributed by atoms with Crippen molar-refractivity contribution in [2.75, 3.05) is 11.4 Å². The number of rotatable bonds is 5.